The van der Waals surface area contributed by atoms with Gasteiger partial charge in [-0.15, -0.1) is 0 Å². The van der Waals surface area contributed by atoms with Gasteiger partial charge in [0.2, 0.25) is 11.8 Å². The minimum Gasteiger partial charge on any atom is -0.493 e. The maximum atomic E-state index is 12.7. The number of fused-ring (bicyclic) bond motifs is 1. The molecule has 0 radical (unpaired) electrons. The minimum atomic E-state index is 0.150. The van der Waals surface area contributed by atoms with Gasteiger partial charge in [0.1, 0.15) is 5.75 Å². The molecule has 0 saturated carbocycles. The van der Waals surface area contributed by atoms with Crippen LogP contribution in [0.5, 0.6) is 5.75 Å². The fourth-order valence-corrected chi connectivity index (χ4v) is 3.52. The highest BCUT2D eigenvalue weighted by Crippen LogP contribution is 2.28. The Bertz CT molecular complexity index is 756. The first-order valence-electron chi connectivity index (χ1n) is 8.51. The predicted octanol–water partition coefficient (Wildman–Crippen LogP) is 2.26. The van der Waals surface area contributed by atoms with E-state index in [1.165, 1.54) is 5.56 Å². The van der Waals surface area contributed by atoms with E-state index >= 15 is 0 Å². The van der Waals surface area contributed by atoms with Crippen molar-refractivity contribution in [3.63, 3.8) is 0 Å². The molecule has 6 nitrogen and oxygen atoms in total. The van der Waals surface area contributed by atoms with E-state index in [1.807, 2.05) is 24.0 Å². The van der Waals surface area contributed by atoms with Gasteiger partial charge in [-0.3, -0.25) is 4.79 Å². The standard InChI is InChI=1S/C18H21N3O3/c1-12-19-18(24-20-12)15-3-2-7-21(11-15)17(22)10-13-4-5-16-14(9-13)6-8-23-16/h4-5,9,15H,2-3,6-8,10-11H2,1H3. The molecule has 3 heterocycles. The van der Waals surface area contributed by atoms with Crippen LogP contribution in [-0.4, -0.2) is 40.6 Å². The molecule has 1 saturated heterocycles. The van der Waals surface area contributed by atoms with Crippen LogP contribution in [0.25, 0.3) is 0 Å². The zero-order valence-electron chi connectivity index (χ0n) is 13.8. The Morgan fingerprint density at radius 2 is 2.33 bits per heavy atom. The number of hydrogen-bond donors (Lipinski definition) is 0. The topological polar surface area (TPSA) is 68.5 Å². The third kappa shape index (κ3) is 3.00. The van der Waals surface area contributed by atoms with Crippen LogP contribution in [0.2, 0.25) is 0 Å². The van der Waals surface area contributed by atoms with E-state index in [4.69, 9.17) is 9.26 Å². The van der Waals surface area contributed by atoms with E-state index in [0.717, 1.165) is 43.7 Å². The lowest BCUT2D eigenvalue weighted by molar-refractivity contribution is -0.131. The molecular weight excluding hydrogens is 306 g/mol. The van der Waals surface area contributed by atoms with Crippen molar-refractivity contribution in [3.8, 4) is 5.75 Å². The van der Waals surface area contributed by atoms with Gasteiger partial charge in [0, 0.05) is 19.5 Å². The molecule has 1 aromatic heterocycles. The van der Waals surface area contributed by atoms with E-state index < -0.39 is 0 Å². The molecule has 2 aliphatic heterocycles. The average molecular weight is 327 g/mol. The van der Waals surface area contributed by atoms with Crippen molar-refractivity contribution >= 4 is 5.91 Å². The molecule has 0 spiro atoms. The smallest absolute Gasteiger partial charge is 0.231 e. The third-order valence-electron chi connectivity index (χ3n) is 4.78. The number of aromatic nitrogens is 2. The first kappa shape index (κ1) is 15.2. The maximum Gasteiger partial charge on any atom is 0.231 e. The highest BCUT2D eigenvalue weighted by atomic mass is 16.5. The van der Waals surface area contributed by atoms with Crippen LogP contribution < -0.4 is 4.74 Å². The zero-order valence-corrected chi connectivity index (χ0v) is 13.8. The molecule has 0 aliphatic carbocycles. The van der Waals surface area contributed by atoms with Gasteiger partial charge in [-0.25, -0.2) is 0 Å². The van der Waals surface area contributed by atoms with Gasteiger partial charge in [0.05, 0.1) is 18.9 Å². The number of amides is 1. The van der Waals surface area contributed by atoms with Crippen LogP contribution in [-0.2, 0) is 17.6 Å². The summed E-state index contributed by atoms with van der Waals surface area (Å²) >= 11 is 0. The van der Waals surface area contributed by atoms with E-state index in [1.54, 1.807) is 0 Å². The van der Waals surface area contributed by atoms with Gasteiger partial charge >= 0.3 is 0 Å². The van der Waals surface area contributed by atoms with Crippen molar-refractivity contribution in [3.05, 3.63) is 41.0 Å². The molecule has 1 fully saturated rings. The number of hydrogen-bond acceptors (Lipinski definition) is 5. The number of nitrogens with zero attached hydrogens (tertiary/aromatic N) is 3. The molecular formula is C18H21N3O3. The summed E-state index contributed by atoms with van der Waals surface area (Å²) in [5.41, 5.74) is 2.26. The zero-order chi connectivity index (χ0) is 16.5. The molecule has 6 heteroatoms. The summed E-state index contributed by atoms with van der Waals surface area (Å²) in [4.78, 5) is 18.9. The number of likely N-dealkylation sites (tertiary alicyclic amines) is 1. The van der Waals surface area contributed by atoms with E-state index in [-0.39, 0.29) is 11.8 Å². The number of carbonyl (C=O) groups excluding carboxylic acids is 1. The Labute approximate surface area is 140 Å². The van der Waals surface area contributed by atoms with Crippen LogP contribution in [0, 0.1) is 6.92 Å². The summed E-state index contributed by atoms with van der Waals surface area (Å²) < 4.78 is 10.8. The quantitative estimate of drug-likeness (QED) is 0.865. The molecule has 2 aromatic rings. The van der Waals surface area contributed by atoms with E-state index in [9.17, 15) is 4.79 Å². The van der Waals surface area contributed by atoms with Crippen LogP contribution in [0.15, 0.2) is 22.7 Å². The summed E-state index contributed by atoms with van der Waals surface area (Å²) in [5, 5.41) is 3.86. The summed E-state index contributed by atoms with van der Waals surface area (Å²) in [7, 11) is 0. The van der Waals surface area contributed by atoms with Gasteiger partial charge in [-0.05, 0) is 37.0 Å². The van der Waals surface area contributed by atoms with Gasteiger partial charge in [-0.2, -0.15) is 4.98 Å². The monoisotopic (exact) mass is 327 g/mol. The Hall–Kier alpha value is -2.37. The molecule has 126 valence electrons. The average Bonchev–Trinajstić information content (AvgIpc) is 3.23. The van der Waals surface area contributed by atoms with Crippen molar-refractivity contribution in [2.24, 2.45) is 0 Å². The lowest BCUT2D eigenvalue weighted by atomic mass is 9.97. The molecule has 1 amide bonds. The Morgan fingerprint density at radius 1 is 1.42 bits per heavy atom. The van der Waals surface area contributed by atoms with E-state index in [0.29, 0.717) is 24.7 Å². The molecule has 24 heavy (non-hydrogen) atoms. The molecule has 0 N–H and O–H groups in total. The molecule has 1 unspecified atom stereocenters. The normalized spacial score (nSPS) is 19.9. The fraction of sp³-hybridized carbons (Fsp3) is 0.500. The van der Waals surface area contributed by atoms with Gasteiger partial charge < -0.3 is 14.2 Å². The SMILES string of the molecule is Cc1noc(C2CCCN(C(=O)Cc3ccc4c(c3)CCO4)C2)n1. The maximum absolute atomic E-state index is 12.7. The molecule has 0 bridgehead atoms. The highest BCUT2D eigenvalue weighted by molar-refractivity contribution is 5.79. The van der Waals surface area contributed by atoms with Crippen LogP contribution in [0.1, 0.15) is 41.6 Å². The number of piperidine rings is 1. The van der Waals surface area contributed by atoms with Crippen LogP contribution in [0.3, 0.4) is 0 Å². The van der Waals surface area contributed by atoms with E-state index in [2.05, 4.69) is 16.2 Å². The second-order valence-electron chi connectivity index (χ2n) is 6.58. The van der Waals surface area contributed by atoms with Crippen molar-refractivity contribution in [2.75, 3.05) is 19.7 Å². The summed E-state index contributed by atoms with van der Waals surface area (Å²) in [6.45, 7) is 4.02. The van der Waals surface area contributed by atoms with Gasteiger partial charge in [-0.1, -0.05) is 17.3 Å². The van der Waals surface area contributed by atoms with Gasteiger partial charge in [0.15, 0.2) is 5.82 Å². The van der Waals surface area contributed by atoms with Crippen molar-refractivity contribution in [2.45, 2.75) is 38.5 Å². The second kappa shape index (κ2) is 6.26. The molecule has 1 aromatic carbocycles. The Kier molecular flexibility index (Phi) is 3.96. The third-order valence-corrected chi connectivity index (χ3v) is 4.78. The lowest BCUT2D eigenvalue weighted by Gasteiger charge is -2.31. The number of aryl methyl sites for hydroxylation is 1. The summed E-state index contributed by atoms with van der Waals surface area (Å²) in [6, 6.07) is 6.07. The number of carbonyl (C=O) groups is 1. The van der Waals surface area contributed by atoms with Gasteiger partial charge in [0.25, 0.3) is 0 Å². The van der Waals surface area contributed by atoms with Crippen molar-refractivity contribution < 1.29 is 14.1 Å². The number of rotatable bonds is 3. The number of ether oxygens (including phenoxy) is 1. The Balaban J connectivity index is 1.42. The Morgan fingerprint density at radius 3 is 3.17 bits per heavy atom. The van der Waals surface area contributed by atoms with Crippen molar-refractivity contribution in [1.82, 2.24) is 15.0 Å². The predicted molar refractivity (Wildman–Crippen MR) is 86.9 cm³/mol. The molecule has 4 rings (SSSR count). The summed E-state index contributed by atoms with van der Waals surface area (Å²) in [6.07, 6.45) is 3.32. The largest absolute Gasteiger partial charge is 0.493 e. The molecule has 1 atom stereocenters. The highest BCUT2D eigenvalue weighted by Gasteiger charge is 2.28. The first-order chi connectivity index (χ1) is 11.7. The number of benzene rings is 1. The second-order valence-corrected chi connectivity index (χ2v) is 6.58. The van der Waals surface area contributed by atoms with Crippen LogP contribution >= 0.6 is 0 Å². The molecule has 2 aliphatic rings. The minimum absolute atomic E-state index is 0.150. The lowest BCUT2D eigenvalue weighted by Crippen LogP contribution is -2.40. The first-order valence-corrected chi connectivity index (χ1v) is 8.51. The fourth-order valence-electron chi connectivity index (χ4n) is 3.52. The summed E-state index contributed by atoms with van der Waals surface area (Å²) in [5.74, 6) is 2.57. The van der Waals surface area contributed by atoms with Crippen molar-refractivity contribution in [1.29, 1.82) is 0 Å². The van der Waals surface area contributed by atoms with Crippen LogP contribution in [0.4, 0.5) is 0 Å².